The smallest absolute Gasteiger partial charge is 0.317 e. The Morgan fingerprint density at radius 1 is 1.19 bits per heavy atom. The summed E-state index contributed by atoms with van der Waals surface area (Å²) in [7, 11) is 0. The van der Waals surface area contributed by atoms with E-state index in [0.717, 1.165) is 31.0 Å². The van der Waals surface area contributed by atoms with Crippen LogP contribution >= 0.6 is 0 Å². The summed E-state index contributed by atoms with van der Waals surface area (Å²) in [6.07, 6.45) is 4.97. The molecule has 5 nitrogen and oxygen atoms in total. The largest absolute Gasteiger partial charge is 0.338 e. The summed E-state index contributed by atoms with van der Waals surface area (Å²) in [5.41, 5.74) is 0.622. The number of likely N-dealkylation sites (tertiary alicyclic amines) is 2. The van der Waals surface area contributed by atoms with E-state index in [1.807, 2.05) is 35.2 Å². The van der Waals surface area contributed by atoms with Gasteiger partial charge in [0.15, 0.2) is 0 Å². The number of rotatable bonds is 5. The van der Waals surface area contributed by atoms with Gasteiger partial charge < -0.3 is 15.1 Å². The SMILES string of the molecule is CCN1CCC(CCNC(=O)N2CCC(C#N)(c3ccccc3)CC2)CC1. The van der Waals surface area contributed by atoms with Crippen LogP contribution in [0, 0.1) is 17.2 Å². The number of hydrogen-bond donors (Lipinski definition) is 1. The molecular formula is C22H32N4O. The van der Waals surface area contributed by atoms with Crippen LogP contribution in [0.3, 0.4) is 0 Å². The molecule has 5 heteroatoms. The number of amides is 2. The predicted octanol–water partition coefficient (Wildman–Crippen LogP) is 3.38. The third-order valence-corrected chi connectivity index (χ3v) is 6.43. The Labute approximate surface area is 163 Å². The van der Waals surface area contributed by atoms with Gasteiger partial charge in [-0.05, 0) is 63.2 Å². The molecule has 2 aliphatic heterocycles. The van der Waals surface area contributed by atoms with E-state index in [9.17, 15) is 10.1 Å². The molecule has 0 radical (unpaired) electrons. The Bertz CT molecular complexity index is 638. The Balaban J connectivity index is 1.42. The third kappa shape index (κ3) is 4.81. The summed E-state index contributed by atoms with van der Waals surface area (Å²) < 4.78 is 0. The fourth-order valence-corrected chi connectivity index (χ4v) is 4.40. The van der Waals surface area contributed by atoms with Gasteiger partial charge in [-0.1, -0.05) is 37.3 Å². The first-order valence-electron chi connectivity index (χ1n) is 10.4. The van der Waals surface area contributed by atoms with Crippen LogP contribution in [0.25, 0.3) is 0 Å². The fourth-order valence-electron chi connectivity index (χ4n) is 4.40. The molecule has 1 N–H and O–H groups in total. The van der Waals surface area contributed by atoms with Gasteiger partial charge in [0.2, 0.25) is 0 Å². The number of benzene rings is 1. The monoisotopic (exact) mass is 368 g/mol. The van der Waals surface area contributed by atoms with Crippen LogP contribution < -0.4 is 5.32 Å². The molecule has 0 aliphatic carbocycles. The van der Waals surface area contributed by atoms with Gasteiger partial charge in [0.05, 0.1) is 11.5 Å². The van der Waals surface area contributed by atoms with Gasteiger partial charge in [-0.25, -0.2) is 4.79 Å². The quantitative estimate of drug-likeness (QED) is 0.867. The molecule has 2 heterocycles. The van der Waals surface area contributed by atoms with Crippen molar-refractivity contribution in [3.8, 4) is 6.07 Å². The van der Waals surface area contributed by atoms with E-state index in [2.05, 4.69) is 23.2 Å². The topological polar surface area (TPSA) is 59.4 Å². The number of hydrogen-bond acceptors (Lipinski definition) is 3. The molecule has 0 spiro atoms. The lowest BCUT2D eigenvalue weighted by atomic mass is 9.74. The van der Waals surface area contributed by atoms with Gasteiger partial charge in [-0.3, -0.25) is 0 Å². The molecule has 2 saturated heterocycles. The lowest BCUT2D eigenvalue weighted by Gasteiger charge is -2.37. The highest BCUT2D eigenvalue weighted by Gasteiger charge is 2.37. The Morgan fingerprint density at radius 3 is 2.44 bits per heavy atom. The molecule has 0 saturated carbocycles. The van der Waals surface area contributed by atoms with E-state index in [-0.39, 0.29) is 6.03 Å². The van der Waals surface area contributed by atoms with Crippen molar-refractivity contribution in [1.82, 2.24) is 15.1 Å². The predicted molar refractivity (Wildman–Crippen MR) is 107 cm³/mol. The molecule has 146 valence electrons. The van der Waals surface area contributed by atoms with Gasteiger partial charge in [-0.2, -0.15) is 5.26 Å². The molecule has 0 bridgehead atoms. The molecule has 0 atom stereocenters. The van der Waals surface area contributed by atoms with Crippen molar-refractivity contribution in [3.63, 3.8) is 0 Å². The second-order valence-corrected chi connectivity index (χ2v) is 7.95. The molecule has 1 aromatic rings. The molecule has 27 heavy (non-hydrogen) atoms. The minimum Gasteiger partial charge on any atom is -0.338 e. The van der Waals surface area contributed by atoms with Gasteiger partial charge in [0, 0.05) is 19.6 Å². The summed E-state index contributed by atoms with van der Waals surface area (Å²) in [4.78, 5) is 16.9. The first-order chi connectivity index (χ1) is 13.2. The first-order valence-corrected chi connectivity index (χ1v) is 10.4. The summed E-state index contributed by atoms with van der Waals surface area (Å²) in [5, 5.41) is 12.9. The first kappa shape index (κ1) is 19.7. The van der Waals surface area contributed by atoms with Crippen molar-refractivity contribution in [2.24, 2.45) is 5.92 Å². The Hall–Kier alpha value is -2.06. The summed E-state index contributed by atoms with van der Waals surface area (Å²) in [6.45, 7) is 7.79. The minimum absolute atomic E-state index is 0.0283. The van der Waals surface area contributed by atoms with E-state index in [1.165, 1.54) is 25.9 Å². The standard InChI is InChI=1S/C22H32N4O/c1-2-25-14-9-19(10-15-25)8-13-24-21(27)26-16-11-22(18-23,12-17-26)20-6-4-3-5-7-20/h3-7,19H,2,8-17H2,1H3,(H,24,27). The maximum atomic E-state index is 12.5. The number of nitrogens with one attached hydrogen (secondary N) is 1. The van der Waals surface area contributed by atoms with Gasteiger partial charge >= 0.3 is 6.03 Å². The lowest BCUT2D eigenvalue weighted by Crippen LogP contribution is -2.48. The zero-order valence-electron chi connectivity index (χ0n) is 16.5. The number of carbonyl (C=O) groups is 1. The van der Waals surface area contributed by atoms with E-state index in [4.69, 9.17) is 0 Å². The molecule has 2 amide bonds. The van der Waals surface area contributed by atoms with Crippen molar-refractivity contribution >= 4 is 6.03 Å². The molecule has 2 aliphatic rings. The number of nitriles is 1. The number of carbonyl (C=O) groups excluding carboxylic acids is 1. The highest BCUT2D eigenvalue weighted by Crippen LogP contribution is 2.34. The third-order valence-electron chi connectivity index (χ3n) is 6.43. The summed E-state index contributed by atoms with van der Waals surface area (Å²) in [5.74, 6) is 0.735. The second-order valence-electron chi connectivity index (χ2n) is 7.95. The zero-order valence-corrected chi connectivity index (χ0v) is 16.5. The number of nitrogens with zero attached hydrogens (tertiary/aromatic N) is 3. The van der Waals surface area contributed by atoms with Crippen LogP contribution in [0.2, 0.25) is 0 Å². The van der Waals surface area contributed by atoms with Crippen LogP contribution in [-0.4, -0.2) is 55.1 Å². The van der Waals surface area contributed by atoms with Gasteiger partial charge in [0.1, 0.15) is 0 Å². The number of piperidine rings is 2. The van der Waals surface area contributed by atoms with Gasteiger partial charge in [0.25, 0.3) is 0 Å². The average Bonchev–Trinajstić information content (AvgIpc) is 2.75. The van der Waals surface area contributed by atoms with Gasteiger partial charge in [-0.15, -0.1) is 0 Å². The van der Waals surface area contributed by atoms with E-state index in [1.54, 1.807) is 0 Å². The highest BCUT2D eigenvalue weighted by atomic mass is 16.2. The molecular weight excluding hydrogens is 336 g/mol. The van der Waals surface area contributed by atoms with E-state index >= 15 is 0 Å². The summed E-state index contributed by atoms with van der Waals surface area (Å²) >= 11 is 0. The second kappa shape index (κ2) is 9.23. The fraction of sp³-hybridized carbons (Fsp3) is 0.636. The lowest BCUT2D eigenvalue weighted by molar-refractivity contribution is 0.166. The Morgan fingerprint density at radius 2 is 1.85 bits per heavy atom. The van der Waals surface area contributed by atoms with Crippen LogP contribution in [0.5, 0.6) is 0 Å². The van der Waals surface area contributed by atoms with E-state index in [0.29, 0.717) is 25.9 Å². The normalized spacial score (nSPS) is 20.8. The van der Waals surface area contributed by atoms with Crippen molar-refractivity contribution in [2.45, 2.75) is 44.4 Å². The molecule has 0 unspecified atom stereocenters. The molecule has 0 aromatic heterocycles. The molecule has 1 aromatic carbocycles. The summed E-state index contributed by atoms with van der Waals surface area (Å²) in [6, 6.07) is 12.6. The van der Waals surface area contributed by atoms with Crippen LogP contribution in [0.15, 0.2) is 30.3 Å². The van der Waals surface area contributed by atoms with E-state index < -0.39 is 5.41 Å². The maximum Gasteiger partial charge on any atom is 0.317 e. The van der Waals surface area contributed by atoms with Crippen molar-refractivity contribution in [3.05, 3.63) is 35.9 Å². The van der Waals surface area contributed by atoms with Crippen LogP contribution in [0.4, 0.5) is 4.79 Å². The molecule has 3 rings (SSSR count). The van der Waals surface area contributed by atoms with Crippen molar-refractivity contribution in [2.75, 3.05) is 39.3 Å². The van der Waals surface area contributed by atoms with Crippen LogP contribution in [0.1, 0.15) is 44.6 Å². The number of urea groups is 1. The average molecular weight is 369 g/mol. The maximum absolute atomic E-state index is 12.5. The van der Waals surface area contributed by atoms with Crippen molar-refractivity contribution < 1.29 is 4.79 Å². The zero-order chi connectivity index (χ0) is 19.1. The van der Waals surface area contributed by atoms with Crippen molar-refractivity contribution in [1.29, 1.82) is 5.26 Å². The Kier molecular flexibility index (Phi) is 6.73. The minimum atomic E-state index is -0.453. The van der Waals surface area contributed by atoms with Crippen LogP contribution in [-0.2, 0) is 5.41 Å². The molecule has 2 fully saturated rings. The highest BCUT2D eigenvalue weighted by molar-refractivity contribution is 5.74.